The summed E-state index contributed by atoms with van der Waals surface area (Å²) in [6, 6.07) is 5.18. The molecule has 26 heavy (non-hydrogen) atoms. The van der Waals surface area contributed by atoms with E-state index in [1.807, 2.05) is 0 Å². The highest BCUT2D eigenvalue weighted by atomic mass is 16.5. The van der Waals surface area contributed by atoms with Gasteiger partial charge >= 0.3 is 5.97 Å². The van der Waals surface area contributed by atoms with Crippen LogP contribution in [0.5, 0.6) is 11.5 Å². The SMILES string of the molecule is COc1ccc(N2C[C@H](C(=O)N(C)CCCC(=O)O)CC2=O)cc1OC. The van der Waals surface area contributed by atoms with E-state index in [2.05, 4.69) is 0 Å². The number of carbonyl (C=O) groups is 3. The van der Waals surface area contributed by atoms with Crippen molar-refractivity contribution in [1.29, 1.82) is 0 Å². The number of rotatable bonds is 8. The smallest absolute Gasteiger partial charge is 0.303 e. The highest BCUT2D eigenvalue weighted by Gasteiger charge is 2.36. The van der Waals surface area contributed by atoms with Crippen molar-refractivity contribution >= 4 is 23.5 Å². The Morgan fingerprint density at radius 2 is 1.96 bits per heavy atom. The number of methoxy groups -OCH3 is 2. The zero-order valence-corrected chi connectivity index (χ0v) is 15.2. The zero-order valence-electron chi connectivity index (χ0n) is 15.2. The van der Waals surface area contributed by atoms with Gasteiger partial charge in [-0.25, -0.2) is 0 Å². The van der Waals surface area contributed by atoms with Crippen LogP contribution >= 0.6 is 0 Å². The lowest BCUT2D eigenvalue weighted by Gasteiger charge is -2.21. The van der Waals surface area contributed by atoms with Crippen LogP contribution in [0.3, 0.4) is 0 Å². The molecule has 1 aliphatic heterocycles. The van der Waals surface area contributed by atoms with Gasteiger partial charge in [0, 0.05) is 44.7 Å². The maximum Gasteiger partial charge on any atom is 0.303 e. The third-order valence-electron chi connectivity index (χ3n) is 4.41. The average molecular weight is 364 g/mol. The fourth-order valence-corrected chi connectivity index (χ4v) is 3.00. The van der Waals surface area contributed by atoms with E-state index >= 15 is 0 Å². The minimum Gasteiger partial charge on any atom is -0.493 e. The standard InChI is InChI=1S/C18H24N2O6/c1-19(8-4-5-17(22)23)18(24)12-9-16(21)20(11-12)13-6-7-14(25-2)15(10-13)26-3/h6-7,10,12H,4-5,8-9,11H2,1-3H3,(H,22,23)/t12-/m1/s1. The minimum atomic E-state index is -0.887. The fourth-order valence-electron chi connectivity index (χ4n) is 3.00. The average Bonchev–Trinajstić information content (AvgIpc) is 3.01. The summed E-state index contributed by atoms with van der Waals surface area (Å²) in [5.74, 6) is -0.528. The summed E-state index contributed by atoms with van der Waals surface area (Å²) in [5.41, 5.74) is 0.650. The van der Waals surface area contributed by atoms with Gasteiger partial charge in [0.25, 0.3) is 0 Å². The van der Waals surface area contributed by atoms with Crippen molar-refractivity contribution in [3.63, 3.8) is 0 Å². The molecule has 1 saturated heterocycles. The van der Waals surface area contributed by atoms with Gasteiger partial charge in [0.05, 0.1) is 20.1 Å². The molecule has 0 saturated carbocycles. The molecule has 1 aromatic carbocycles. The second-order valence-electron chi connectivity index (χ2n) is 6.20. The molecular weight excluding hydrogens is 340 g/mol. The van der Waals surface area contributed by atoms with Crippen molar-refractivity contribution in [2.24, 2.45) is 5.92 Å². The summed E-state index contributed by atoms with van der Waals surface area (Å²) in [7, 11) is 4.69. The topological polar surface area (TPSA) is 96.4 Å². The zero-order chi connectivity index (χ0) is 19.3. The van der Waals surface area contributed by atoms with E-state index in [-0.39, 0.29) is 31.2 Å². The summed E-state index contributed by atoms with van der Waals surface area (Å²) < 4.78 is 10.5. The van der Waals surface area contributed by atoms with Gasteiger partial charge in [-0.2, -0.15) is 0 Å². The van der Waals surface area contributed by atoms with E-state index in [4.69, 9.17) is 14.6 Å². The molecule has 0 aromatic heterocycles. The molecule has 2 rings (SSSR count). The van der Waals surface area contributed by atoms with Gasteiger partial charge in [0.2, 0.25) is 11.8 Å². The van der Waals surface area contributed by atoms with E-state index in [0.717, 1.165) is 0 Å². The van der Waals surface area contributed by atoms with Crippen molar-refractivity contribution < 1.29 is 29.0 Å². The molecule has 0 unspecified atom stereocenters. The molecule has 0 radical (unpaired) electrons. The first kappa shape index (κ1) is 19.6. The molecule has 0 spiro atoms. The molecule has 8 nitrogen and oxygen atoms in total. The number of carboxylic acid groups (broad SMARTS) is 1. The monoisotopic (exact) mass is 364 g/mol. The van der Waals surface area contributed by atoms with Crippen molar-refractivity contribution in [2.75, 3.05) is 39.3 Å². The number of anilines is 1. The van der Waals surface area contributed by atoms with Crippen LogP contribution in [0, 0.1) is 5.92 Å². The number of hydrogen-bond donors (Lipinski definition) is 1. The third kappa shape index (κ3) is 4.44. The number of ether oxygens (including phenoxy) is 2. The van der Waals surface area contributed by atoms with Crippen LogP contribution in [0.25, 0.3) is 0 Å². The highest BCUT2D eigenvalue weighted by molar-refractivity contribution is 6.00. The first-order valence-corrected chi connectivity index (χ1v) is 8.36. The summed E-state index contributed by atoms with van der Waals surface area (Å²) in [5, 5.41) is 8.68. The van der Waals surface area contributed by atoms with Gasteiger partial charge in [-0.05, 0) is 18.6 Å². The molecule has 1 fully saturated rings. The molecule has 0 aliphatic carbocycles. The second kappa shape index (κ2) is 8.55. The molecule has 0 bridgehead atoms. The number of amides is 2. The van der Waals surface area contributed by atoms with E-state index in [0.29, 0.717) is 30.2 Å². The molecule has 1 heterocycles. The van der Waals surface area contributed by atoms with Crippen molar-refractivity contribution in [1.82, 2.24) is 4.90 Å². The third-order valence-corrected chi connectivity index (χ3v) is 4.41. The molecule has 1 aromatic rings. The Morgan fingerprint density at radius 3 is 2.58 bits per heavy atom. The van der Waals surface area contributed by atoms with Crippen LogP contribution in [-0.2, 0) is 14.4 Å². The van der Waals surface area contributed by atoms with E-state index in [9.17, 15) is 14.4 Å². The van der Waals surface area contributed by atoms with Gasteiger partial charge in [-0.1, -0.05) is 0 Å². The van der Waals surface area contributed by atoms with Crippen LogP contribution in [0.1, 0.15) is 19.3 Å². The normalized spacial score (nSPS) is 16.5. The summed E-state index contributed by atoms with van der Waals surface area (Å²) in [4.78, 5) is 38.5. The maximum absolute atomic E-state index is 12.5. The first-order chi connectivity index (χ1) is 12.4. The number of aliphatic carboxylic acids is 1. The summed E-state index contributed by atoms with van der Waals surface area (Å²) >= 11 is 0. The number of carboxylic acids is 1. The largest absolute Gasteiger partial charge is 0.493 e. The van der Waals surface area contributed by atoms with Gasteiger partial charge in [-0.3, -0.25) is 14.4 Å². The lowest BCUT2D eigenvalue weighted by atomic mass is 10.1. The molecule has 142 valence electrons. The van der Waals surface area contributed by atoms with Gasteiger partial charge in [0.1, 0.15) is 0 Å². The van der Waals surface area contributed by atoms with E-state index in [1.165, 1.54) is 19.1 Å². The maximum atomic E-state index is 12.5. The number of nitrogens with zero attached hydrogens (tertiary/aromatic N) is 2. The quantitative estimate of drug-likeness (QED) is 0.749. The molecule has 1 aliphatic rings. The van der Waals surface area contributed by atoms with Gasteiger partial charge in [-0.15, -0.1) is 0 Å². The van der Waals surface area contributed by atoms with Crippen molar-refractivity contribution in [2.45, 2.75) is 19.3 Å². The Hall–Kier alpha value is -2.77. The second-order valence-corrected chi connectivity index (χ2v) is 6.20. The number of carbonyl (C=O) groups excluding carboxylic acids is 2. The number of hydrogen-bond acceptors (Lipinski definition) is 5. The van der Waals surface area contributed by atoms with Crippen LogP contribution in [0.2, 0.25) is 0 Å². The Labute approximate surface area is 152 Å². The Bertz CT molecular complexity index is 690. The van der Waals surface area contributed by atoms with E-state index in [1.54, 1.807) is 30.1 Å². The van der Waals surface area contributed by atoms with Crippen molar-refractivity contribution in [3.8, 4) is 11.5 Å². The van der Waals surface area contributed by atoms with E-state index < -0.39 is 11.9 Å². The minimum absolute atomic E-state index is 0.0129. The van der Waals surface area contributed by atoms with Gasteiger partial charge < -0.3 is 24.4 Å². The Balaban J connectivity index is 2.03. The summed E-state index contributed by atoms with van der Waals surface area (Å²) in [6.07, 6.45) is 0.535. The van der Waals surface area contributed by atoms with Crippen LogP contribution < -0.4 is 14.4 Å². The molecule has 2 amide bonds. The Morgan fingerprint density at radius 1 is 1.27 bits per heavy atom. The molecular formula is C18H24N2O6. The van der Waals surface area contributed by atoms with Crippen LogP contribution in [-0.4, -0.2) is 62.1 Å². The van der Waals surface area contributed by atoms with Gasteiger partial charge in [0.15, 0.2) is 11.5 Å². The van der Waals surface area contributed by atoms with Crippen molar-refractivity contribution in [3.05, 3.63) is 18.2 Å². The Kier molecular flexibility index (Phi) is 6.43. The molecule has 1 atom stereocenters. The summed E-state index contributed by atoms with van der Waals surface area (Å²) in [6.45, 7) is 0.641. The fraction of sp³-hybridized carbons (Fsp3) is 0.500. The van der Waals surface area contributed by atoms with Crippen LogP contribution in [0.4, 0.5) is 5.69 Å². The number of benzene rings is 1. The lowest BCUT2D eigenvalue weighted by molar-refractivity contribution is -0.138. The lowest BCUT2D eigenvalue weighted by Crippen LogP contribution is -2.35. The molecule has 1 N–H and O–H groups in total. The molecule has 8 heteroatoms. The first-order valence-electron chi connectivity index (χ1n) is 8.36. The highest BCUT2D eigenvalue weighted by Crippen LogP contribution is 2.34. The predicted octanol–water partition coefficient (Wildman–Crippen LogP) is 1.38. The van der Waals surface area contributed by atoms with Crippen LogP contribution in [0.15, 0.2) is 18.2 Å². The predicted molar refractivity (Wildman–Crippen MR) is 94.5 cm³/mol.